The third kappa shape index (κ3) is 36.4. The second-order valence-electron chi connectivity index (χ2n) is 0.224. The minimum atomic E-state index is -4.20. The summed E-state index contributed by atoms with van der Waals surface area (Å²) in [6.45, 7) is 0. The Hall–Kier alpha value is 1.22. The average Bonchev–Trinajstić information content (AvgIpc) is 0.811. The van der Waals surface area contributed by atoms with Crippen molar-refractivity contribution in [3.05, 3.63) is 0 Å². The van der Waals surface area contributed by atoms with Gasteiger partial charge in [-0.15, -0.1) is 0 Å². The fraction of sp³-hybridized carbons (Fsp3) is 0. The third-order valence-electron chi connectivity index (χ3n) is 0. The van der Waals surface area contributed by atoms with Crippen LogP contribution >= 0.6 is 0 Å². The van der Waals surface area contributed by atoms with Crippen molar-refractivity contribution in [3.8, 4) is 0 Å². The summed E-state index contributed by atoms with van der Waals surface area (Å²) in [6.07, 6.45) is 0. The van der Waals surface area contributed by atoms with Gasteiger partial charge in [-0.25, -0.2) is 0 Å². The van der Waals surface area contributed by atoms with Crippen LogP contribution in [0.3, 0.4) is 0 Å². The van der Waals surface area contributed by atoms with E-state index in [2.05, 4.69) is 0 Å². The molecule has 0 saturated carbocycles. The fourth-order valence-electron chi connectivity index (χ4n) is 0. The van der Waals surface area contributed by atoms with E-state index in [1.54, 1.807) is 0 Å². The zero-order valence-electron chi connectivity index (χ0n) is 2.03. The average molecular weight is 226 g/mol. The van der Waals surface area contributed by atoms with E-state index >= 15 is 0 Å². The SMILES string of the molecule is [Fe+3].[O-][Sb]([O-])[O-]. The molecule has 0 aromatic carbocycles. The van der Waals surface area contributed by atoms with Crippen molar-refractivity contribution < 1.29 is 27.2 Å². The van der Waals surface area contributed by atoms with Gasteiger partial charge < -0.3 is 0 Å². The molecule has 31 valence electrons. The van der Waals surface area contributed by atoms with E-state index in [0.717, 1.165) is 0 Å². The normalized spacial score (nSPS) is 7.20. The van der Waals surface area contributed by atoms with Gasteiger partial charge in [-0.2, -0.15) is 0 Å². The second-order valence-corrected chi connectivity index (χ2v) is 1.50. The minimum absolute atomic E-state index is 0. The molecule has 0 unspecified atom stereocenters. The quantitative estimate of drug-likeness (QED) is 0.395. The van der Waals surface area contributed by atoms with Gasteiger partial charge in [-0.05, 0) is 0 Å². The van der Waals surface area contributed by atoms with Crippen LogP contribution in [0.4, 0.5) is 0 Å². The monoisotopic (exact) mass is 225 g/mol. The van der Waals surface area contributed by atoms with Gasteiger partial charge in [0.15, 0.2) is 0 Å². The van der Waals surface area contributed by atoms with E-state index in [1.807, 2.05) is 0 Å². The van der Waals surface area contributed by atoms with Crippen molar-refractivity contribution in [2.45, 2.75) is 0 Å². The Bertz CT molecular complexity index is 11.6. The van der Waals surface area contributed by atoms with E-state index in [0.29, 0.717) is 0 Å². The molecule has 0 amide bonds. The first kappa shape index (κ1) is 9.52. The van der Waals surface area contributed by atoms with E-state index in [1.165, 1.54) is 0 Å². The van der Waals surface area contributed by atoms with Crippen LogP contribution in [0.2, 0.25) is 0 Å². The van der Waals surface area contributed by atoms with Gasteiger partial charge in [0, 0.05) is 0 Å². The van der Waals surface area contributed by atoms with E-state index in [-0.39, 0.29) is 17.1 Å². The van der Waals surface area contributed by atoms with Crippen molar-refractivity contribution in [1.82, 2.24) is 0 Å². The topological polar surface area (TPSA) is 69.2 Å². The molecule has 0 bridgehead atoms. The molecule has 0 aromatic rings. The van der Waals surface area contributed by atoms with Crippen LogP contribution in [0.25, 0.3) is 0 Å². The summed E-state index contributed by atoms with van der Waals surface area (Å²) < 4.78 is 25.8. The standard InChI is InChI=1S/Fe.3O.Sb/q+3;3*-1;. The van der Waals surface area contributed by atoms with Crippen LogP contribution in [0.5, 0.6) is 0 Å². The Morgan fingerprint density at radius 3 is 1.00 bits per heavy atom. The first-order valence-corrected chi connectivity index (χ1v) is 3.67. The number of hydrogen-bond acceptors (Lipinski definition) is 3. The summed E-state index contributed by atoms with van der Waals surface area (Å²) in [4.78, 5) is 0. The first-order valence-electron chi connectivity index (χ1n) is 0.548. The zero-order valence-corrected chi connectivity index (χ0v) is 5.68. The molecule has 0 heterocycles. The summed E-state index contributed by atoms with van der Waals surface area (Å²) in [5.74, 6) is 0. The molecule has 0 aliphatic rings. The maximum absolute atomic E-state index is 8.60. The van der Waals surface area contributed by atoms with Crippen LogP contribution in [0.1, 0.15) is 0 Å². The number of rotatable bonds is 0. The molecule has 0 aromatic heterocycles. The van der Waals surface area contributed by atoms with Crippen LogP contribution in [0.15, 0.2) is 0 Å². The Morgan fingerprint density at radius 1 is 1.00 bits per heavy atom. The second kappa shape index (κ2) is 5.22. The van der Waals surface area contributed by atoms with E-state index < -0.39 is 21.5 Å². The summed E-state index contributed by atoms with van der Waals surface area (Å²) >= 11 is -4.20. The van der Waals surface area contributed by atoms with Crippen LogP contribution < -0.4 is 10.2 Å². The summed E-state index contributed by atoms with van der Waals surface area (Å²) in [7, 11) is 0. The van der Waals surface area contributed by atoms with Gasteiger partial charge in [-0.3, -0.25) is 0 Å². The molecule has 0 N–H and O–H groups in total. The molecule has 3 nitrogen and oxygen atoms in total. The summed E-state index contributed by atoms with van der Waals surface area (Å²) in [5.41, 5.74) is 0. The predicted molar refractivity (Wildman–Crippen MR) is 5.75 cm³/mol. The van der Waals surface area contributed by atoms with Crippen molar-refractivity contribution in [3.63, 3.8) is 0 Å². The fourth-order valence-corrected chi connectivity index (χ4v) is 0. The molecular formula is FeO3Sb. The molecule has 0 atom stereocenters. The zero-order chi connectivity index (χ0) is 3.58. The molecule has 0 aliphatic carbocycles. The van der Waals surface area contributed by atoms with Crippen molar-refractivity contribution in [2.75, 3.05) is 0 Å². The molecule has 5 heavy (non-hydrogen) atoms. The molecular weight excluding hydrogens is 226 g/mol. The van der Waals surface area contributed by atoms with Gasteiger partial charge in [0.25, 0.3) is 0 Å². The molecule has 0 fully saturated rings. The first-order chi connectivity index (χ1) is 1.73. The van der Waals surface area contributed by atoms with Gasteiger partial charge >= 0.3 is 48.7 Å². The molecule has 0 spiro atoms. The third-order valence-corrected chi connectivity index (χ3v) is 0. The molecule has 1 radical (unpaired) electrons. The van der Waals surface area contributed by atoms with Crippen molar-refractivity contribution in [1.29, 1.82) is 0 Å². The van der Waals surface area contributed by atoms with Gasteiger partial charge in [-0.1, -0.05) is 0 Å². The summed E-state index contributed by atoms with van der Waals surface area (Å²) in [6, 6.07) is 0. The molecule has 0 aliphatic heterocycles. The molecule has 0 saturated heterocycles. The number of hydrogen-bond donors (Lipinski definition) is 0. The molecule has 0 rings (SSSR count). The Kier molecular flexibility index (Phi) is 9.93. The van der Waals surface area contributed by atoms with Crippen LogP contribution in [-0.2, 0) is 17.1 Å². The van der Waals surface area contributed by atoms with Crippen molar-refractivity contribution in [2.24, 2.45) is 0 Å². The van der Waals surface area contributed by atoms with Crippen molar-refractivity contribution >= 4 is 21.5 Å². The van der Waals surface area contributed by atoms with Gasteiger partial charge in [0.2, 0.25) is 0 Å². The van der Waals surface area contributed by atoms with Crippen LogP contribution in [0, 0.1) is 0 Å². The Balaban J connectivity index is 0. The van der Waals surface area contributed by atoms with E-state index in [9.17, 15) is 0 Å². The van der Waals surface area contributed by atoms with Gasteiger partial charge in [0.05, 0.1) is 0 Å². The Morgan fingerprint density at radius 2 is 1.00 bits per heavy atom. The molecule has 5 heteroatoms. The van der Waals surface area contributed by atoms with Gasteiger partial charge in [0.1, 0.15) is 0 Å². The Labute approximate surface area is 48.7 Å². The maximum atomic E-state index is 8.60. The van der Waals surface area contributed by atoms with E-state index in [4.69, 9.17) is 10.2 Å². The summed E-state index contributed by atoms with van der Waals surface area (Å²) in [5, 5.41) is 0. The predicted octanol–water partition coefficient (Wildman–Crippen LogP) is -3.95. The van der Waals surface area contributed by atoms with Crippen LogP contribution in [-0.4, -0.2) is 21.5 Å².